The van der Waals surface area contributed by atoms with Gasteiger partial charge in [-0.05, 0) is 36.8 Å². The Labute approximate surface area is 206 Å². The SMILES string of the molecule is CCOc1cc(C2C(C(=O)c3cc4cc(Cl)cc(OC)c4o3)=C(O)C(=O)N2CCOC)ccc1O. The van der Waals surface area contributed by atoms with Gasteiger partial charge in [0.15, 0.2) is 34.4 Å². The van der Waals surface area contributed by atoms with E-state index in [1.54, 1.807) is 25.1 Å². The number of ether oxygens (including phenoxy) is 3. The van der Waals surface area contributed by atoms with E-state index in [0.717, 1.165) is 0 Å². The largest absolute Gasteiger partial charge is 0.504 e. The molecule has 35 heavy (non-hydrogen) atoms. The predicted molar refractivity (Wildman–Crippen MR) is 127 cm³/mol. The molecule has 0 saturated carbocycles. The molecular weight excluding hydrogens is 478 g/mol. The number of benzene rings is 2. The van der Waals surface area contributed by atoms with E-state index in [1.807, 2.05) is 0 Å². The molecule has 10 heteroatoms. The highest BCUT2D eigenvalue weighted by molar-refractivity contribution is 6.31. The van der Waals surface area contributed by atoms with Crippen LogP contribution in [0.3, 0.4) is 0 Å². The first-order chi connectivity index (χ1) is 16.8. The predicted octanol–water partition coefficient (Wildman–Crippen LogP) is 4.42. The lowest BCUT2D eigenvalue weighted by Crippen LogP contribution is -2.34. The Balaban J connectivity index is 1.83. The van der Waals surface area contributed by atoms with Gasteiger partial charge in [-0.15, -0.1) is 0 Å². The summed E-state index contributed by atoms with van der Waals surface area (Å²) in [6.45, 7) is 2.34. The standard InChI is InChI=1S/C25H24ClNO8/c1-4-34-17-10-13(5-6-16(17)28)21-20(23(30)25(31)27(21)7-8-32-2)22(29)18-11-14-9-15(26)12-19(33-3)24(14)35-18/h5-6,9-12,21,28,30H,4,7-8H2,1-3H3. The number of amides is 1. The summed E-state index contributed by atoms with van der Waals surface area (Å²) in [5, 5.41) is 21.8. The number of phenols is 1. The number of ketones is 1. The average Bonchev–Trinajstić information content (AvgIpc) is 3.37. The third kappa shape index (κ3) is 4.40. The first-order valence-corrected chi connectivity index (χ1v) is 11.2. The molecule has 1 aliphatic heterocycles. The summed E-state index contributed by atoms with van der Waals surface area (Å²) in [4.78, 5) is 28.0. The molecule has 1 aromatic heterocycles. The Kier molecular flexibility index (Phi) is 6.90. The number of aromatic hydroxyl groups is 1. The van der Waals surface area contributed by atoms with E-state index in [2.05, 4.69) is 0 Å². The second-order valence-electron chi connectivity index (χ2n) is 7.78. The van der Waals surface area contributed by atoms with Crippen LogP contribution >= 0.6 is 11.6 Å². The summed E-state index contributed by atoms with van der Waals surface area (Å²) in [6.07, 6.45) is 0. The van der Waals surface area contributed by atoms with Crippen molar-refractivity contribution in [2.24, 2.45) is 0 Å². The topological polar surface area (TPSA) is 119 Å². The van der Waals surface area contributed by atoms with Gasteiger partial charge in [-0.2, -0.15) is 0 Å². The molecule has 0 fully saturated rings. The molecule has 0 spiro atoms. The lowest BCUT2D eigenvalue weighted by molar-refractivity contribution is -0.130. The van der Waals surface area contributed by atoms with Gasteiger partial charge in [0.25, 0.3) is 5.91 Å². The van der Waals surface area contributed by atoms with Crippen LogP contribution in [-0.2, 0) is 9.53 Å². The number of aliphatic hydroxyl groups excluding tert-OH is 1. The van der Waals surface area contributed by atoms with Crippen molar-refractivity contribution >= 4 is 34.3 Å². The fraction of sp³-hybridized carbons (Fsp3) is 0.280. The number of aliphatic hydroxyl groups is 1. The highest BCUT2D eigenvalue weighted by Gasteiger charge is 2.44. The smallest absolute Gasteiger partial charge is 0.290 e. The van der Waals surface area contributed by atoms with E-state index in [4.69, 9.17) is 30.2 Å². The van der Waals surface area contributed by atoms with Crippen LogP contribution in [-0.4, -0.2) is 60.8 Å². The van der Waals surface area contributed by atoms with Crippen molar-refractivity contribution in [2.75, 3.05) is 34.0 Å². The molecule has 2 heterocycles. The van der Waals surface area contributed by atoms with Crippen LogP contribution in [0.25, 0.3) is 11.0 Å². The number of hydrogen-bond donors (Lipinski definition) is 2. The number of rotatable bonds is 9. The zero-order chi connectivity index (χ0) is 25.3. The molecule has 0 radical (unpaired) electrons. The Morgan fingerprint density at radius 3 is 2.60 bits per heavy atom. The molecule has 1 atom stereocenters. The van der Waals surface area contributed by atoms with E-state index in [1.165, 1.54) is 37.3 Å². The van der Waals surface area contributed by atoms with Gasteiger partial charge >= 0.3 is 0 Å². The van der Waals surface area contributed by atoms with Gasteiger partial charge in [0.05, 0.1) is 31.9 Å². The van der Waals surface area contributed by atoms with Gasteiger partial charge in [0.1, 0.15) is 0 Å². The second-order valence-corrected chi connectivity index (χ2v) is 8.22. The number of halogens is 1. The second kappa shape index (κ2) is 9.89. The van der Waals surface area contributed by atoms with Gasteiger partial charge in [-0.25, -0.2) is 0 Å². The van der Waals surface area contributed by atoms with Gasteiger partial charge in [0, 0.05) is 30.1 Å². The number of methoxy groups -OCH3 is 2. The number of carbonyl (C=O) groups is 2. The molecular formula is C25H24ClNO8. The molecule has 184 valence electrons. The lowest BCUT2D eigenvalue weighted by atomic mass is 9.94. The zero-order valence-corrected chi connectivity index (χ0v) is 20.1. The van der Waals surface area contributed by atoms with Crippen LogP contribution in [0.4, 0.5) is 0 Å². The van der Waals surface area contributed by atoms with Crippen molar-refractivity contribution in [1.82, 2.24) is 4.90 Å². The minimum atomic E-state index is -0.969. The van der Waals surface area contributed by atoms with E-state index in [9.17, 15) is 19.8 Å². The van der Waals surface area contributed by atoms with E-state index >= 15 is 0 Å². The Hall–Kier alpha value is -3.69. The van der Waals surface area contributed by atoms with Crippen LogP contribution in [0, 0.1) is 0 Å². The van der Waals surface area contributed by atoms with Gasteiger partial charge in [-0.3, -0.25) is 9.59 Å². The monoisotopic (exact) mass is 501 g/mol. The van der Waals surface area contributed by atoms with Crippen molar-refractivity contribution in [3.63, 3.8) is 0 Å². The highest BCUT2D eigenvalue weighted by atomic mass is 35.5. The van der Waals surface area contributed by atoms with E-state index < -0.39 is 23.5 Å². The maximum absolute atomic E-state index is 13.7. The molecule has 0 bridgehead atoms. The van der Waals surface area contributed by atoms with Gasteiger partial charge in [0.2, 0.25) is 5.78 Å². The van der Waals surface area contributed by atoms with Crippen LogP contribution in [0.1, 0.15) is 29.1 Å². The third-order valence-corrected chi connectivity index (χ3v) is 5.89. The minimum Gasteiger partial charge on any atom is -0.504 e. The number of hydrogen-bond acceptors (Lipinski definition) is 8. The summed E-state index contributed by atoms with van der Waals surface area (Å²) < 4.78 is 21.7. The number of phenolic OH excluding ortho intramolecular Hbond substituents is 1. The maximum Gasteiger partial charge on any atom is 0.290 e. The molecule has 2 aromatic carbocycles. The number of fused-ring (bicyclic) bond motifs is 1. The molecule has 1 unspecified atom stereocenters. The van der Waals surface area contributed by atoms with Crippen molar-refractivity contribution in [3.8, 4) is 17.2 Å². The summed E-state index contributed by atoms with van der Waals surface area (Å²) in [5.41, 5.74) is 0.601. The Bertz CT molecular complexity index is 1330. The molecule has 2 N–H and O–H groups in total. The number of nitrogens with zero attached hydrogens (tertiary/aromatic N) is 1. The van der Waals surface area contributed by atoms with E-state index in [0.29, 0.717) is 33.9 Å². The average molecular weight is 502 g/mol. The molecule has 4 rings (SSSR count). The number of furan rings is 1. The summed E-state index contributed by atoms with van der Waals surface area (Å²) in [7, 11) is 2.93. The molecule has 1 aliphatic rings. The van der Waals surface area contributed by atoms with Gasteiger partial charge in [-0.1, -0.05) is 17.7 Å². The van der Waals surface area contributed by atoms with E-state index in [-0.39, 0.29) is 36.0 Å². The number of Topliss-reactive ketones (excluding diaryl/α,β-unsaturated/α-hetero) is 1. The summed E-state index contributed by atoms with van der Waals surface area (Å²) >= 11 is 6.13. The Morgan fingerprint density at radius 2 is 1.91 bits per heavy atom. The van der Waals surface area contributed by atoms with Gasteiger partial charge < -0.3 is 33.7 Å². The molecule has 0 aliphatic carbocycles. The van der Waals surface area contributed by atoms with Crippen LogP contribution in [0.5, 0.6) is 17.2 Å². The van der Waals surface area contributed by atoms with Crippen molar-refractivity contribution < 1.29 is 38.4 Å². The molecule has 1 amide bonds. The normalized spacial score (nSPS) is 15.8. The molecule has 0 saturated heterocycles. The zero-order valence-electron chi connectivity index (χ0n) is 19.3. The van der Waals surface area contributed by atoms with Crippen molar-refractivity contribution in [2.45, 2.75) is 13.0 Å². The summed E-state index contributed by atoms with van der Waals surface area (Å²) in [5.74, 6) is -1.76. The summed E-state index contributed by atoms with van der Waals surface area (Å²) in [6, 6.07) is 8.18. The molecule has 3 aromatic rings. The minimum absolute atomic E-state index is 0.0919. The fourth-order valence-electron chi connectivity index (χ4n) is 4.11. The first kappa shape index (κ1) is 24.4. The van der Waals surface area contributed by atoms with Crippen LogP contribution in [0.2, 0.25) is 5.02 Å². The lowest BCUT2D eigenvalue weighted by Gasteiger charge is -2.26. The fourth-order valence-corrected chi connectivity index (χ4v) is 4.32. The number of carbonyl (C=O) groups excluding carboxylic acids is 2. The Morgan fingerprint density at radius 1 is 1.14 bits per heavy atom. The molecule has 9 nitrogen and oxygen atoms in total. The van der Waals surface area contributed by atoms with Crippen LogP contribution in [0.15, 0.2) is 52.1 Å². The van der Waals surface area contributed by atoms with Crippen molar-refractivity contribution in [1.29, 1.82) is 0 Å². The first-order valence-electron chi connectivity index (χ1n) is 10.8. The maximum atomic E-state index is 13.7. The van der Waals surface area contributed by atoms with Crippen LogP contribution < -0.4 is 9.47 Å². The highest BCUT2D eigenvalue weighted by Crippen LogP contribution is 2.42. The van der Waals surface area contributed by atoms with Crippen molar-refractivity contribution in [3.05, 3.63) is 64.1 Å². The third-order valence-electron chi connectivity index (χ3n) is 5.67. The quantitative estimate of drug-likeness (QED) is 0.413.